The van der Waals surface area contributed by atoms with Crippen LogP contribution >= 0.6 is 11.3 Å². The highest BCUT2D eigenvalue weighted by Crippen LogP contribution is 2.19. The van der Waals surface area contributed by atoms with E-state index in [1.54, 1.807) is 0 Å². The van der Waals surface area contributed by atoms with Gasteiger partial charge in [-0.3, -0.25) is 0 Å². The van der Waals surface area contributed by atoms with Gasteiger partial charge in [0, 0.05) is 17.5 Å². The predicted octanol–water partition coefficient (Wildman–Crippen LogP) is 4.22. The predicted molar refractivity (Wildman–Crippen MR) is 75.5 cm³/mol. The molecule has 1 atom stereocenters. The lowest BCUT2D eigenvalue weighted by atomic mass is 10.1. The van der Waals surface area contributed by atoms with Crippen LogP contribution in [0, 0.1) is 13.8 Å². The summed E-state index contributed by atoms with van der Waals surface area (Å²) >= 11 is 1.81. The van der Waals surface area contributed by atoms with E-state index in [2.05, 4.69) is 61.8 Å². The molecule has 0 amide bonds. The third-order valence-corrected chi connectivity index (χ3v) is 3.92. The molecule has 2 aromatic rings. The molecule has 1 aromatic heterocycles. The van der Waals surface area contributed by atoms with Crippen LogP contribution in [0.1, 0.15) is 34.5 Å². The molecule has 0 aliphatic rings. The molecule has 2 rings (SSSR count). The molecule has 0 bridgehead atoms. The number of nitrogens with one attached hydrogen (secondary N) is 1. The molecule has 2 heteroatoms. The molecule has 1 nitrogen and oxygen atoms in total. The van der Waals surface area contributed by atoms with Gasteiger partial charge in [-0.2, -0.15) is 0 Å². The van der Waals surface area contributed by atoms with Gasteiger partial charge in [0.1, 0.15) is 0 Å². The number of rotatable bonds is 4. The molecule has 0 saturated carbocycles. The SMILES string of the molecule is Cc1cc(C)cc(CN[C@@H](C)c2cccs2)c1. The molecule has 0 spiro atoms. The number of hydrogen-bond acceptors (Lipinski definition) is 2. The third-order valence-electron chi connectivity index (χ3n) is 2.86. The highest BCUT2D eigenvalue weighted by Gasteiger charge is 2.05. The molecule has 1 aromatic carbocycles. The minimum Gasteiger partial charge on any atom is -0.305 e. The van der Waals surface area contributed by atoms with Crippen LogP contribution < -0.4 is 5.32 Å². The van der Waals surface area contributed by atoms with Gasteiger partial charge in [0.05, 0.1) is 0 Å². The minimum absolute atomic E-state index is 0.427. The van der Waals surface area contributed by atoms with Crippen LogP contribution in [0.15, 0.2) is 35.7 Å². The van der Waals surface area contributed by atoms with E-state index < -0.39 is 0 Å². The summed E-state index contributed by atoms with van der Waals surface area (Å²) in [5.74, 6) is 0. The second kappa shape index (κ2) is 5.48. The van der Waals surface area contributed by atoms with Crippen molar-refractivity contribution >= 4 is 11.3 Å². The number of thiophene rings is 1. The van der Waals surface area contributed by atoms with E-state index >= 15 is 0 Å². The van der Waals surface area contributed by atoms with Crippen LogP contribution in [0.4, 0.5) is 0 Å². The summed E-state index contributed by atoms with van der Waals surface area (Å²) in [5, 5.41) is 5.70. The van der Waals surface area contributed by atoms with Crippen molar-refractivity contribution < 1.29 is 0 Å². The molecule has 0 saturated heterocycles. The molecule has 90 valence electrons. The molecule has 17 heavy (non-hydrogen) atoms. The van der Waals surface area contributed by atoms with E-state index in [-0.39, 0.29) is 0 Å². The first-order chi connectivity index (χ1) is 8.15. The average molecular weight is 245 g/mol. The van der Waals surface area contributed by atoms with Crippen molar-refractivity contribution in [2.75, 3.05) is 0 Å². The van der Waals surface area contributed by atoms with Crippen LogP contribution in [0.3, 0.4) is 0 Å². The smallest absolute Gasteiger partial charge is 0.0388 e. The normalized spacial score (nSPS) is 12.6. The van der Waals surface area contributed by atoms with Gasteiger partial charge < -0.3 is 5.32 Å². The Morgan fingerprint density at radius 3 is 2.47 bits per heavy atom. The summed E-state index contributed by atoms with van der Waals surface area (Å²) in [7, 11) is 0. The van der Waals surface area contributed by atoms with Crippen LogP contribution in [0.5, 0.6) is 0 Å². The van der Waals surface area contributed by atoms with E-state index in [0.29, 0.717) is 6.04 Å². The van der Waals surface area contributed by atoms with E-state index in [9.17, 15) is 0 Å². The van der Waals surface area contributed by atoms with Crippen LogP contribution in [0.25, 0.3) is 0 Å². The van der Waals surface area contributed by atoms with E-state index in [4.69, 9.17) is 0 Å². The minimum atomic E-state index is 0.427. The van der Waals surface area contributed by atoms with Crippen LogP contribution in [-0.4, -0.2) is 0 Å². The fraction of sp³-hybridized carbons (Fsp3) is 0.333. The molecule has 1 heterocycles. The third kappa shape index (κ3) is 3.42. The maximum atomic E-state index is 3.57. The Balaban J connectivity index is 1.98. The van der Waals surface area contributed by atoms with E-state index in [1.165, 1.54) is 21.6 Å². The highest BCUT2D eigenvalue weighted by atomic mass is 32.1. The lowest BCUT2D eigenvalue weighted by Gasteiger charge is -2.13. The van der Waals surface area contributed by atoms with Crippen molar-refractivity contribution in [1.82, 2.24) is 5.32 Å². The molecule has 0 fully saturated rings. The summed E-state index contributed by atoms with van der Waals surface area (Å²) in [5.41, 5.74) is 4.04. The summed E-state index contributed by atoms with van der Waals surface area (Å²) < 4.78 is 0. The molecule has 1 N–H and O–H groups in total. The van der Waals surface area contributed by atoms with Gasteiger partial charge in [0.15, 0.2) is 0 Å². The van der Waals surface area contributed by atoms with Gasteiger partial charge in [-0.15, -0.1) is 11.3 Å². The lowest BCUT2D eigenvalue weighted by molar-refractivity contribution is 0.582. The quantitative estimate of drug-likeness (QED) is 0.850. The van der Waals surface area contributed by atoms with Crippen molar-refractivity contribution in [3.63, 3.8) is 0 Å². The summed E-state index contributed by atoms with van der Waals surface area (Å²) in [4.78, 5) is 1.40. The Bertz CT molecular complexity index is 453. The first kappa shape index (κ1) is 12.3. The molecule has 0 aliphatic heterocycles. The monoisotopic (exact) mass is 245 g/mol. The van der Waals surface area contributed by atoms with Crippen LogP contribution in [-0.2, 0) is 6.54 Å². The van der Waals surface area contributed by atoms with Gasteiger partial charge in [0.25, 0.3) is 0 Å². The zero-order chi connectivity index (χ0) is 12.3. The van der Waals surface area contributed by atoms with Crippen LogP contribution in [0.2, 0.25) is 0 Å². The Hall–Kier alpha value is -1.12. The van der Waals surface area contributed by atoms with E-state index in [1.807, 2.05) is 11.3 Å². The first-order valence-electron chi connectivity index (χ1n) is 5.99. The Morgan fingerprint density at radius 1 is 1.18 bits per heavy atom. The van der Waals surface area contributed by atoms with Crippen molar-refractivity contribution in [2.24, 2.45) is 0 Å². The van der Waals surface area contributed by atoms with Crippen molar-refractivity contribution in [3.8, 4) is 0 Å². The largest absolute Gasteiger partial charge is 0.305 e. The highest BCUT2D eigenvalue weighted by molar-refractivity contribution is 7.10. The van der Waals surface area contributed by atoms with Crippen molar-refractivity contribution in [1.29, 1.82) is 0 Å². The first-order valence-corrected chi connectivity index (χ1v) is 6.87. The number of hydrogen-bond donors (Lipinski definition) is 1. The Morgan fingerprint density at radius 2 is 1.88 bits per heavy atom. The maximum Gasteiger partial charge on any atom is 0.0388 e. The molecule has 0 radical (unpaired) electrons. The van der Waals surface area contributed by atoms with Gasteiger partial charge >= 0.3 is 0 Å². The second-order valence-corrected chi connectivity index (χ2v) is 5.59. The summed E-state index contributed by atoms with van der Waals surface area (Å²) in [6.45, 7) is 7.45. The van der Waals surface area contributed by atoms with E-state index in [0.717, 1.165) is 6.54 Å². The van der Waals surface area contributed by atoms with Gasteiger partial charge in [-0.25, -0.2) is 0 Å². The zero-order valence-electron chi connectivity index (χ0n) is 10.7. The van der Waals surface area contributed by atoms with Gasteiger partial charge in [0.2, 0.25) is 0 Å². The molecule has 0 unspecified atom stereocenters. The van der Waals surface area contributed by atoms with Gasteiger partial charge in [-0.05, 0) is 37.8 Å². The van der Waals surface area contributed by atoms with Gasteiger partial charge in [-0.1, -0.05) is 35.4 Å². The van der Waals surface area contributed by atoms with Crippen molar-refractivity contribution in [3.05, 3.63) is 57.3 Å². The number of benzene rings is 1. The van der Waals surface area contributed by atoms with Crippen molar-refractivity contribution in [2.45, 2.75) is 33.4 Å². The molecular formula is C15H19NS. The zero-order valence-corrected chi connectivity index (χ0v) is 11.5. The Labute approximate surface area is 108 Å². The topological polar surface area (TPSA) is 12.0 Å². The fourth-order valence-electron chi connectivity index (χ4n) is 2.08. The number of aryl methyl sites for hydroxylation is 2. The standard InChI is InChI=1S/C15H19NS/c1-11-7-12(2)9-14(8-11)10-16-13(3)15-5-4-6-17-15/h4-9,13,16H,10H2,1-3H3/t13-/m0/s1. The lowest BCUT2D eigenvalue weighted by Crippen LogP contribution is -2.17. The average Bonchev–Trinajstić information content (AvgIpc) is 2.78. The maximum absolute atomic E-state index is 3.57. The second-order valence-electron chi connectivity index (χ2n) is 4.61. The molecular weight excluding hydrogens is 226 g/mol. The fourth-order valence-corrected chi connectivity index (χ4v) is 2.84. The summed E-state index contributed by atoms with van der Waals surface area (Å²) in [6.07, 6.45) is 0. The summed E-state index contributed by atoms with van der Waals surface area (Å²) in [6, 6.07) is 11.4. The molecule has 0 aliphatic carbocycles. The Kier molecular flexibility index (Phi) is 3.97.